The van der Waals surface area contributed by atoms with Crippen LogP contribution < -0.4 is 0 Å². The van der Waals surface area contributed by atoms with E-state index in [0.29, 0.717) is 0 Å². The molecule has 0 radical (unpaired) electrons. The van der Waals surface area contributed by atoms with E-state index in [4.69, 9.17) is 11.6 Å². The molecule has 0 amide bonds. The summed E-state index contributed by atoms with van der Waals surface area (Å²) in [7, 11) is 0. The molecule has 0 saturated heterocycles. The molecule has 66 valence electrons. The van der Waals surface area contributed by atoms with Gasteiger partial charge in [0.05, 0.1) is 0 Å². The number of halogens is 1. The molecule has 13 heavy (non-hydrogen) atoms. The van der Waals surface area contributed by atoms with Crippen molar-refractivity contribution in [2.75, 3.05) is 0 Å². The lowest BCUT2D eigenvalue weighted by Crippen LogP contribution is -1.74. The molecule has 0 atom stereocenters. The number of hydrogen-bond donors (Lipinski definition) is 1. The van der Waals surface area contributed by atoms with Gasteiger partial charge in [0.15, 0.2) is 0 Å². The van der Waals surface area contributed by atoms with E-state index in [-0.39, 0.29) is 0 Å². The molecule has 1 nitrogen and oxygen atoms in total. The number of aryl methyl sites for hydroxylation is 1. The van der Waals surface area contributed by atoms with Crippen LogP contribution in [0.2, 0.25) is 5.15 Å². The number of hydrogen-bond acceptors (Lipinski definition) is 0. The molecule has 1 heterocycles. The second-order valence-corrected chi connectivity index (χ2v) is 3.42. The van der Waals surface area contributed by atoms with Gasteiger partial charge in [-0.1, -0.05) is 41.9 Å². The highest BCUT2D eigenvalue weighted by atomic mass is 35.5. The standard InChI is InChI=1S/C11H10ClN/c1-8-7-10(13-11(8)12)9-5-3-2-4-6-9/h2-7,13H,1H3. The first-order valence-corrected chi connectivity index (χ1v) is 4.55. The van der Waals surface area contributed by atoms with E-state index >= 15 is 0 Å². The quantitative estimate of drug-likeness (QED) is 0.709. The van der Waals surface area contributed by atoms with Crippen LogP contribution in [-0.4, -0.2) is 4.98 Å². The molecule has 1 N–H and O–H groups in total. The SMILES string of the molecule is Cc1cc(-c2ccccc2)[nH]c1Cl. The second-order valence-electron chi connectivity index (χ2n) is 3.05. The Morgan fingerprint density at radius 3 is 2.38 bits per heavy atom. The average Bonchev–Trinajstić information content (AvgIpc) is 2.49. The van der Waals surface area contributed by atoms with Gasteiger partial charge >= 0.3 is 0 Å². The molecular formula is C11H10ClN. The lowest BCUT2D eigenvalue weighted by atomic mass is 10.1. The van der Waals surface area contributed by atoms with E-state index < -0.39 is 0 Å². The smallest absolute Gasteiger partial charge is 0.109 e. The normalized spacial score (nSPS) is 10.3. The fourth-order valence-electron chi connectivity index (χ4n) is 1.31. The summed E-state index contributed by atoms with van der Waals surface area (Å²) >= 11 is 5.92. The molecule has 0 saturated carbocycles. The van der Waals surface area contributed by atoms with E-state index in [1.165, 1.54) is 0 Å². The molecule has 0 aliphatic carbocycles. The highest BCUT2D eigenvalue weighted by molar-refractivity contribution is 6.30. The number of aromatic nitrogens is 1. The highest BCUT2D eigenvalue weighted by Gasteiger charge is 2.02. The Hall–Kier alpha value is -1.21. The molecular weight excluding hydrogens is 182 g/mol. The van der Waals surface area contributed by atoms with Crippen molar-refractivity contribution in [2.45, 2.75) is 6.92 Å². The summed E-state index contributed by atoms with van der Waals surface area (Å²) in [5.41, 5.74) is 3.32. The monoisotopic (exact) mass is 191 g/mol. The van der Waals surface area contributed by atoms with Gasteiger partial charge in [0.2, 0.25) is 0 Å². The molecule has 1 aromatic heterocycles. The van der Waals surface area contributed by atoms with E-state index in [2.05, 4.69) is 23.2 Å². The van der Waals surface area contributed by atoms with Crippen molar-refractivity contribution in [3.63, 3.8) is 0 Å². The molecule has 0 spiro atoms. The van der Waals surface area contributed by atoms with Crippen molar-refractivity contribution in [1.82, 2.24) is 4.98 Å². The molecule has 0 aliphatic heterocycles. The number of aromatic amines is 1. The highest BCUT2D eigenvalue weighted by Crippen LogP contribution is 2.23. The fraction of sp³-hybridized carbons (Fsp3) is 0.0909. The van der Waals surface area contributed by atoms with Gasteiger partial charge < -0.3 is 4.98 Å². The minimum Gasteiger partial charge on any atom is -0.345 e. The molecule has 0 aliphatic rings. The Morgan fingerprint density at radius 1 is 1.15 bits per heavy atom. The van der Waals surface area contributed by atoms with Crippen LogP contribution >= 0.6 is 11.6 Å². The minimum atomic E-state index is 0.721. The number of benzene rings is 1. The Labute approximate surface area is 82.4 Å². The summed E-state index contributed by atoms with van der Waals surface area (Å²) in [5, 5.41) is 0.721. The van der Waals surface area contributed by atoms with Crippen molar-refractivity contribution in [2.24, 2.45) is 0 Å². The molecule has 0 bridgehead atoms. The van der Waals surface area contributed by atoms with E-state index in [9.17, 15) is 0 Å². The molecule has 0 fully saturated rings. The van der Waals surface area contributed by atoms with E-state index in [1.807, 2.05) is 25.1 Å². The van der Waals surface area contributed by atoms with Crippen LogP contribution in [0.25, 0.3) is 11.3 Å². The molecule has 0 unspecified atom stereocenters. The predicted molar refractivity (Wildman–Crippen MR) is 56.0 cm³/mol. The van der Waals surface area contributed by atoms with Crippen molar-refractivity contribution >= 4 is 11.6 Å². The summed E-state index contributed by atoms with van der Waals surface area (Å²) in [6, 6.07) is 12.2. The van der Waals surface area contributed by atoms with Gasteiger partial charge in [-0.2, -0.15) is 0 Å². The molecule has 2 aromatic rings. The Morgan fingerprint density at radius 2 is 1.85 bits per heavy atom. The maximum absolute atomic E-state index is 5.92. The first-order chi connectivity index (χ1) is 6.27. The van der Waals surface area contributed by atoms with Gasteiger partial charge in [-0.15, -0.1) is 0 Å². The second kappa shape index (κ2) is 3.27. The molecule has 2 rings (SSSR count). The third-order valence-electron chi connectivity index (χ3n) is 2.04. The van der Waals surface area contributed by atoms with Gasteiger partial charge in [-0.25, -0.2) is 0 Å². The predicted octanol–water partition coefficient (Wildman–Crippen LogP) is 3.64. The first kappa shape index (κ1) is 8.39. The lowest BCUT2D eigenvalue weighted by molar-refractivity contribution is 1.38. The van der Waals surface area contributed by atoms with Crippen molar-refractivity contribution in [1.29, 1.82) is 0 Å². The van der Waals surface area contributed by atoms with Crippen molar-refractivity contribution in [3.8, 4) is 11.3 Å². The van der Waals surface area contributed by atoms with Crippen LogP contribution in [0.3, 0.4) is 0 Å². The number of rotatable bonds is 1. The topological polar surface area (TPSA) is 15.8 Å². The maximum Gasteiger partial charge on any atom is 0.109 e. The van der Waals surface area contributed by atoms with Crippen LogP contribution in [0.15, 0.2) is 36.4 Å². The van der Waals surface area contributed by atoms with Crippen LogP contribution in [-0.2, 0) is 0 Å². The minimum absolute atomic E-state index is 0.721. The lowest BCUT2D eigenvalue weighted by Gasteiger charge is -1.94. The van der Waals surface area contributed by atoms with Gasteiger partial charge in [0.25, 0.3) is 0 Å². The van der Waals surface area contributed by atoms with Crippen LogP contribution in [0, 0.1) is 6.92 Å². The third kappa shape index (κ3) is 1.61. The summed E-state index contributed by atoms with van der Waals surface area (Å²) < 4.78 is 0. The summed E-state index contributed by atoms with van der Waals surface area (Å²) in [6.45, 7) is 1.99. The van der Waals surface area contributed by atoms with Gasteiger partial charge in [0, 0.05) is 5.69 Å². The fourth-order valence-corrected chi connectivity index (χ4v) is 1.46. The summed E-state index contributed by atoms with van der Waals surface area (Å²) in [4.78, 5) is 3.13. The van der Waals surface area contributed by atoms with Gasteiger partial charge in [0.1, 0.15) is 5.15 Å². The zero-order valence-electron chi connectivity index (χ0n) is 7.34. The zero-order valence-corrected chi connectivity index (χ0v) is 8.10. The number of H-pyrrole nitrogens is 1. The van der Waals surface area contributed by atoms with Crippen molar-refractivity contribution in [3.05, 3.63) is 47.1 Å². The Balaban J connectivity index is 2.48. The van der Waals surface area contributed by atoms with Gasteiger partial charge in [-0.05, 0) is 24.1 Å². The Kier molecular flexibility index (Phi) is 2.11. The average molecular weight is 192 g/mol. The van der Waals surface area contributed by atoms with Crippen molar-refractivity contribution < 1.29 is 0 Å². The molecule has 1 aromatic carbocycles. The maximum atomic E-state index is 5.92. The summed E-state index contributed by atoms with van der Waals surface area (Å²) in [6.07, 6.45) is 0. The first-order valence-electron chi connectivity index (χ1n) is 4.18. The van der Waals surface area contributed by atoms with Crippen LogP contribution in [0.4, 0.5) is 0 Å². The third-order valence-corrected chi connectivity index (χ3v) is 2.43. The number of nitrogens with one attached hydrogen (secondary N) is 1. The van der Waals surface area contributed by atoms with E-state index in [1.54, 1.807) is 0 Å². The van der Waals surface area contributed by atoms with Crippen LogP contribution in [0.1, 0.15) is 5.56 Å². The van der Waals surface area contributed by atoms with Crippen LogP contribution in [0.5, 0.6) is 0 Å². The summed E-state index contributed by atoms with van der Waals surface area (Å²) in [5.74, 6) is 0. The zero-order chi connectivity index (χ0) is 9.26. The Bertz CT molecular complexity index is 384. The van der Waals surface area contributed by atoms with Gasteiger partial charge in [-0.3, -0.25) is 0 Å². The molecule has 2 heteroatoms. The largest absolute Gasteiger partial charge is 0.345 e. The van der Waals surface area contributed by atoms with E-state index in [0.717, 1.165) is 22.0 Å².